The van der Waals surface area contributed by atoms with Crippen molar-refractivity contribution >= 4 is 45.6 Å². The number of rotatable bonds is 5. The summed E-state index contributed by atoms with van der Waals surface area (Å²) in [6.07, 6.45) is 1.56. The number of ketones is 1. The average Bonchev–Trinajstić information content (AvgIpc) is 3.41. The molecule has 8 nitrogen and oxygen atoms in total. The summed E-state index contributed by atoms with van der Waals surface area (Å²) in [4.78, 5) is 30.9. The van der Waals surface area contributed by atoms with Crippen LogP contribution in [0, 0.1) is 0 Å². The summed E-state index contributed by atoms with van der Waals surface area (Å²) in [6, 6.07) is 14.6. The number of hydrogen-bond donors (Lipinski definition) is 4. The van der Waals surface area contributed by atoms with E-state index in [2.05, 4.69) is 4.98 Å². The number of ether oxygens (including phenoxy) is 1. The van der Waals surface area contributed by atoms with Crippen molar-refractivity contribution in [3.05, 3.63) is 88.6 Å². The zero-order valence-corrected chi connectivity index (χ0v) is 19.8. The number of aromatic amines is 1. The molecule has 0 bridgehead atoms. The molecule has 4 N–H and O–H groups in total. The van der Waals surface area contributed by atoms with Crippen molar-refractivity contribution in [2.45, 2.75) is 13.0 Å². The maximum absolute atomic E-state index is 13.4. The minimum absolute atomic E-state index is 0.00129. The molecule has 1 amide bonds. The first-order valence-corrected chi connectivity index (χ1v) is 11.5. The molecule has 5 rings (SSSR count). The molecule has 1 unspecified atom stereocenters. The van der Waals surface area contributed by atoms with E-state index in [1.807, 2.05) is 12.1 Å². The summed E-state index contributed by atoms with van der Waals surface area (Å²) in [5, 5.41) is 33.1. The lowest BCUT2D eigenvalue weighted by Gasteiger charge is -2.26. The second-order valence-electron chi connectivity index (χ2n) is 8.21. The second-order valence-corrected chi connectivity index (χ2v) is 8.65. The predicted octanol–water partition coefficient (Wildman–Crippen LogP) is 5.26. The minimum atomic E-state index is -1.15. The van der Waals surface area contributed by atoms with Gasteiger partial charge in [0.05, 0.1) is 23.9 Å². The zero-order valence-electron chi connectivity index (χ0n) is 19.0. The fourth-order valence-corrected chi connectivity index (χ4v) is 4.64. The van der Waals surface area contributed by atoms with Crippen molar-refractivity contribution in [3.63, 3.8) is 0 Å². The lowest BCUT2D eigenvalue weighted by Crippen LogP contribution is -2.29. The number of nitrogens with one attached hydrogen (secondary N) is 1. The van der Waals surface area contributed by atoms with E-state index in [0.29, 0.717) is 16.5 Å². The van der Waals surface area contributed by atoms with Gasteiger partial charge in [-0.15, -0.1) is 0 Å². The monoisotopic (exact) mass is 504 g/mol. The minimum Gasteiger partial charge on any atom is -0.507 e. The Morgan fingerprint density at radius 2 is 1.81 bits per heavy atom. The molecule has 0 aliphatic carbocycles. The number of para-hydroxylation sites is 1. The standard InChI is InChI=1S/C27H21ClN2O6/c1-2-36-22-11-14(7-9-21(22)32)24-23(25(33)17-13-29-18-6-4-3-5-16(17)18)26(34)27(35)30(24)19-12-15(28)8-10-20(19)31/h3-13,24,29,31-33H,2H2,1H3/b25-23-. The van der Waals surface area contributed by atoms with Crippen molar-refractivity contribution in [2.24, 2.45) is 0 Å². The SMILES string of the molecule is CCOc1cc(C2/C(=C(/O)c3c[nH]c4ccccc34)C(=O)C(=O)N2c2cc(Cl)ccc2O)ccc1O. The topological polar surface area (TPSA) is 123 Å². The first-order valence-electron chi connectivity index (χ1n) is 11.1. The number of phenolic OH excluding ortho intramolecular Hbond substituents is 2. The van der Waals surface area contributed by atoms with E-state index in [1.54, 1.807) is 25.3 Å². The Morgan fingerprint density at radius 3 is 2.58 bits per heavy atom. The van der Waals surface area contributed by atoms with E-state index in [4.69, 9.17) is 16.3 Å². The Labute approximate surface area is 210 Å². The maximum atomic E-state index is 13.4. The third-order valence-electron chi connectivity index (χ3n) is 6.09. The summed E-state index contributed by atoms with van der Waals surface area (Å²) in [6.45, 7) is 2.01. The molecule has 9 heteroatoms. The van der Waals surface area contributed by atoms with Crippen LogP contribution in [0.1, 0.15) is 24.1 Å². The van der Waals surface area contributed by atoms with Gasteiger partial charge in [0, 0.05) is 27.7 Å². The lowest BCUT2D eigenvalue weighted by molar-refractivity contribution is -0.132. The molecule has 0 radical (unpaired) electrons. The quantitative estimate of drug-likeness (QED) is 0.167. The van der Waals surface area contributed by atoms with Crippen molar-refractivity contribution in [2.75, 3.05) is 11.5 Å². The predicted molar refractivity (Wildman–Crippen MR) is 135 cm³/mol. The van der Waals surface area contributed by atoms with Crippen LogP contribution in [0.25, 0.3) is 16.7 Å². The number of fused-ring (bicyclic) bond motifs is 1. The van der Waals surface area contributed by atoms with Crippen LogP contribution >= 0.6 is 11.6 Å². The molecule has 1 saturated heterocycles. The van der Waals surface area contributed by atoms with Crippen molar-refractivity contribution in [3.8, 4) is 17.2 Å². The number of carbonyl (C=O) groups is 2. The number of halogens is 1. The molecule has 0 saturated carbocycles. The number of aliphatic hydroxyl groups is 1. The normalized spacial score (nSPS) is 17.2. The van der Waals surface area contributed by atoms with E-state index >= 15 is 0 Å². The van der Waals surface area contributed by atoms with Crippen LogP contribution in [0.3, 0.4) is 0 Å². The molecule has 36 heavy (non-hydrogen) atoms. The lowest BCUT2D eigenvalue weighted by atomic mass is 9.94. The largest absolute Gasteiger partial charge is 0.507 e. The summed E-state index contributed by atoms with van der Waals surface area (Å²) < 4.78 is 5.51. The number of carbonyl (C=O) groups excluding carboxylic acids is 2. The highest BCUT2D eigenvalue weighted by atomic mass is 35.5. The van der Waals surface area contributed by atoms with Crippen LogP contribution < -0.4 is 9.64 Å². The van der Waals surface area contributed by atoms with E-state index in [1.165, 1.54) is 36.4 Å². The number of hydrogen-bond acceptors (Lipinski definition) is 6. The van der Waals surface area contributed by atoms with Gasteiger partial charge in [-0.2, -0.15) is 0 Å². The van der Waals surface area contributed by atoms with Gasteiger partial charge in [-0.25, -0.2) is 0 Å². The fraction of sp³-hybridized carbons (Fsp3) is 0.111. The number of phenols is 2. The van der Waals surface area contributed by atoms with E-state index in [-0.39, 0.29) is 45.9 Å². The Morgan fingerprint density at radius 1 is 1.06 bits per heavy atom. The number of H-pyrrole nitrogens is 1. The Bertz CT molecular complexity index is 1560. The van der Waals surface area contributed by atoms with E-state index < -0.39 is 17.7 Å². The Hall–Kier alpha value is -4.43. The molecule has 0 spiro atoms. The number of benzene rings is 3. The fourth-order valence-electron chi connectivity index (χ4n) is 4.47. The van der Waals surface area contributed by atoms with Crippen molar-refractivity contribution in [1.29, 1.82) is 0 Å². The number of Topliss-reactive ketones (excluding diaryl/α,β-unsaturated/α-hetero) is 1. The molecule has 3 aromatic carbocycles. The van der Waals surface area contributed by atoms with Gasteiger partial charge < -0.3 is 25.0 Å². The molecule has 1 aliphatic heterocycles. The van der Waals surface area contributed by atoms with Crippen LogP contribution in [0.4, 0.5) is 5.69 Å². The van der Waals surface area contributed by atoms with Gasteiger partial charge in [-0.1, -0.05) is 35.9 Å². The second kappa shape index (κ2) is 8.98. The number of aromatic nitrogens is 1. The van der Waals surface area contributed by atoms with Crippen LogP contribution in [-0.2, 0) is 9.59 Å². The molecule has 182 valence electrons. The van der Waals surface area contributed by atoms with Gasteiger partial charge >= 0.3 is 0 Å². The molecule has 1 aliphatic rings. The first-order chi connectivity index (χ1) is 17.3. The highest BCUT2D eigenvalue weighted by molar-refractivity contribution is 6.52. The maximum Gasteiger partial charge on any atom is 0.300 e. The molecule has 1 aromatic heterocycles. The molecule has 4 aromatic rings. The summed E-state index contributed by atoms with van der Waals surface area (Å²) in [5.41, 5.74) is 1.26. The van der Waals surface area contributed by atoms with Crippen LogP contribution in [0.15, 0.2) is 72.4 Å². The van der Waals surface area contributed by atoms with E-state index in [9.17, 15) is 24.9 Å². The van der Waals surface area contributed by atoms with Gasteiger partial charge in [-0.3, -0.25) is 14.5 Å². The van der Waals surface area contributed by atoms with E-state index in [0.717, 1.165) is 10.4 Å². The van der Waals surface area contributed by atoms with Crippen molar-refractivity contribution in [1.82, 2.24) is 4.98 Å². The molecule has 1 fully saturated rings. The van der Waals surface area contributed by atoms with Crippen LogP contribution in [-0.4, -0.2) is 38.6 Å². The molecular formula is C27H21ClN2O6. The number of amides is 1. The number of aliphatic hydroxyl groups excluding tert-OH is 1. The van der Waals surface area contributed by atoms with Gasteiger partial charge in [0.1, 0.15) is 11.5 Å². The average molecular weight is 505 g/mol. The zero-order chi connectivity index (χ0) is 25.6. The Kier molecular flexibility index (Phi) is 5.81. The van der Waals surface area contributed by atoms with Gasteiger partial charge in [0.25, 0.3) is 11.7 Å². The summed E-state index contributed by atoms with van der Waals surface area (Å²) in [5.74, 6) is -2.53. The van der Waals surface area contributed by atoms with Gasteiger partial charge in [0.2, 0.25) is 0 Å². The number of aromatic hydroxyl groups is 2. The van der Waals surface area contributed by atoms with Crippen molar-refractivity contribution < 1.29 is 29.6 Å². The van der Waals surface area contributed by atoms with Gasteiger partial charge in [0.15, 0.2) is 11.5 Å². The molecular weight excluding hydrogens is 484 g/mol. The summed E-state index contributed by atoms with van der Waals surface area (Å²) >= 11 is 6.15. The number of nitrogens with zero attached hydrogens (tertiary/aromatic N) is 1. The molecule has 1 atom stereocenters. The third kappa shape index (κ3) is 3.72. The summed E-state index contributed by atoms with van der Waals surface area (Å²) in [7, 11) is 0. The third-order valence-corrected chi connectivity index (χ3v) is 6.32. The number of anilines is 1. The van der Waals surface area contributed by atoms with Crippen LogP contribution in [0.5, 0.6) is 17.2 Å². The first kappa shape index (κ1) is 23.3. The highest BCUT2D eigenvalue weighted by Crippen LogP contribution is 2.47. The van der Waals surface area contributed by atoms with Crippen LogP contribution in [0.2, 0.25) is 5.02 Å². The highest BCUT2D eigenvalue weighted by Gasteiger charge is 2.48. The molecule has 2 heterocycles. The van der Waals surface area contributed by atoms with Gasteiger partial charge in [-0.05, 0) is 48.9 Å². The smallest absolute Gasteiger partial charge is 0.300 e. The Balaban J connectivity index is 1.79.